The second-order valence-corrected chi connectivity index (χ2v) is 19.7. The van der Waals surface area contributed by atoms with Crippen LogP contribution in [-0.2, 0) is 10.8 Å². The zero-order valence-electron chi connectivity index (χ0n) is 37.9. The molecule has 4 heterocycles. The van der Waals surface area contributed by atoms with E-state index in [1.807, 2.05) is 30.3 Å². The summed E-state index contributed by atoms with van der Waals surface area (Å²) in [6.07, 6.45) is 0. The molecule has 0 saturated heterocycles. The lowest BCUT2D eigenvalue weighted by Crippen LogP contribution is -2.42. The molecule has 12 aromatic rings. The third-order valence-electron chi connectivity index (χ3n) is 15.9. The Morgan fingerprint density at radius 3 is 1.64 bits per heavy atom. The molecular formula is C60H47N5O. The van der Waals surface area contributed by atoms with Crippen molar-refractivity contribution in [3.63, 3.8) is 0 Å². The van der Waals surface area contributed by atoms with Gasteiger partial charge in [-0.3, -0.25) is 4.57 Å². The quantitative estimate of drug-likeness (QED) is 0.173. The van der Waals surface area contributed by atoms with Gasteiger partial charge in [-0.25, -0.2) is 4.98 Å². The molecule has 0 saturated carbocycles. The lowest BCUT2D eigenvalue weighted by Gasteiger charge is -2.44. The minimum absolute atomic E-state index is 0.0164. The second kappa shape index (κ2) is 13.6. The standard InChI is InChI=1S/C60H47N5O/c1-58(2)47-30-29-40(33-48(47)59(3,4)60(58,5)6)64-49-21-13-10-18-41(49)44-34-45-42-19-11-14-22-50(42)65(52(45)35-51(44)64)57-62-55(38-26-24-37(25-27-38)36-16-8-7-9-17-36)61-56(63-57)39-28-31-54-46(32-39)43-20-12-15-23-53(43)66-54/h7-35H,1-6H3. The van der Waals surface area contributed by atoms with Crippen LogP contribution in [0.15, 0.2) is 180 Å². The van der Waals surface area contributed by atoms with Crippen LogP contribution in [-0.4, -0.2) is 24.1 Å². The van der Waals surface area contributed by atoms with Gasteiger partial charge in [-0.15, -0.1) is 0 Å². The van der Waals surface area contributed by atoms with Gasteiger partial charge in [-0.05, 0) is 99.2 Å². The van der Waals surface area contributed by atoms with Crippen molar-refractivity contribution in [2.75, 3.05) is 0 Å². The maximum absolute atomic E-state index is 6.25. The number of para-hydroxylation sites is 3. The maximum atomic E-state index is 6.25. The first-order chi connectivity index (χ1) is 32.0. The summed E-state index contributed by atoms with van der Waals surface area (Å²) in [6.45, 7) is 14.5. The van der Waals surface area contributed by atoms with E-state index in [2.05, 4.69) is 196 Å². The van der Waals surface area contributed by atoms with Crippen molar-refractivity contribution in [2.24, 2.45) is 5.41 Å². The van der Waals surface area contributed by atoms with Crippen LogP contribution in [0.5, 0.6) is 0 Å². The Labute approximate surface area is 382 Å². The molecule has 4 aromatic heterocycles. The molecule has 0 fully saturated rings. The number of furan rings is 1. The fourth-order valence-corrected chi connectivity index (χ4v) is 11.1. The van der Waals surface area contributed by atoms with Crippen molar-refractivity contribution in [3.05, 3.63) is 187 Å². The molecule has 6 heteroatoms. The van der Waals surface area contributed by atoms with E-state index in [9.17, 15) is 0 Å². The van der Waals surface area contributed by atoms with Crippen LogP contribution in [0.25, 0.3) is 111 Å². The molecule has 0 spiro atoms. The van der Waals surface area contributed by atoms with E-state index in [4.69, 9.17) is 19.4 Å². The van der Waals surface area contributed by atoms with Crippen molar-refractivity contribution >= 4 is 65.6 Å². The van der Waals surface area contributed by atoms with Crippen LogP contribution in [0.3, 0.4) is 0 Å². The highest BCUT2D eigenvalue weighted by atomic mass is 16.3. The first-order valence-electron chi connectivity index (χ1n) is 22.9. The summed E-state index contributed by atoms with van der Waals surface area (Å²) in [5.41, 5.74) is 14.2. The summed E-state index contributed by atoms with van der Waals surface area (Å²) in [7, 11) is 0. The third kappa shape index (κ3) is 5.33. The molecule has 0 radical (unpaired) electrons. The first kappa shape index (κ1) is 38.6. The monoisotopic (exact) mass is 853 g/mol. The van der Waals surface area contributed by atoms with E-state index in [1.165, 1.54) is 27.4 Å². The molecule has 66 heavy (non-hydrogen) atoms. The number of nitrogens with zero attached hydrogens (tertiary/aromatic N) is 5. The van der Waals surface area contributed by atoms with Gasteiger partial charge in [0.15, 0.2) is 11.6 Å². The van der Waals surface area contributed by atoms with E-state index >= 15 is 0 Å². The molecule has 8 aromatic carbocycles. The SMILES string of the molecule is CC1(C)c2ccc(-n3c4ccccc4c4cc5c6ccccc6n(-c6nc(-c7ccc(-c8ccccc8)cc7)nc(-c7ccc8oc9ccccc9c8c7)n6)c5cc43)cc2C(C)(C)C1(C)C. The van der Waals surface area contributed by atoms with Crippen molar-refractivity contribution in [1.82, 2.24) is 24.1 Å². The Balaban J connectivity index is 1.07. The van der Waals surface area contributed by atoms with Gasteiger partial charge in [-0.2, -0.15) is 9.97 Å². The highest BCUT2D eigenvalue weighted by molar-refractivity contribution is 6.19. The smallest absolute Gasteiger partial charge is 0.238 e. The van der Waals surface area contributed by atoms with E-state index in [0.717, 1.165) is 77.2 Å². The summed E-state index contributed by atoms with van der Waals surface area (Å²) in [5.74, 6) is 1.73. The number of fused-ring (bicyclic) bond motifs is 10. The highest BCUT2D eigenvalue weighted by Gasteiger charge is 2.56. The zero-order chi connectivity index (χ0) is 44.7. The Morgan fingerprint density at radius 2 is 0.909 bits per heavy atom. The Bertz CT molecular complexity index is 3960. The Hall–Kier alpha value is -7.83. The molecular weight excluding hydrogens is 807 g/mol. The minimum atomic E-state index is -0.0362. The summed E-state index contributed by atoms with van der Waals surface area (Å²) < 4.78 is 11.0. The molecule has 0 aliphatic heterocycles. The maximum Gasteiger partial charge on any atom is 0.238 e. The molecule has 1 aliphatic carbocycles. The predicted octanol–water partition coefficient (Wildman–Crippen LogP) is 15.6. The van der Waals surface area contributed by atoms with E-state index in [0.29, 0.717) is 17.6 Å². The predicted molar refractivity (Wildman–Crippen MR) is 272 cm³/mol. The molecule has 0 unspecified atom stereocenters. The van der Waals surface area contributed by atoms with Crippen LogP contribution in [0.2, 0.25) is 0 Å². The lowest BCUT2D eigenvalue weighted by molar-refractivity contribution is 0.125. The van der Waals surface area contributed by atoms with E-state index in [-0.39, 0.29) is 16.2 Å². The first-order valence-corrected chi connectivity index (χ1v) is 22.9. The number of rotatable bonds is 5. The highest BCUT2D eigenvalue weighted by Crippen LogP contribution is 2.61. The molecule has 13 rings (SSSR count). The van der Waals surface area contributed by atoms with Gasteiger partial charge in [-0.1, -0.05) is 157 Å². The van der Waals surface area contributed by atoms with Crippen LogP contribution >= 0.6 is 0 Å². The normalized spacial score (nSPS) is 15.2. The van der Waals surface area contributed by atoms with Crippen LogP contribution < -0.4 is 0 Å². The third-order valence-corrected chi connectivity index (χ3v) is 15.9. The van der Waals surface area contributed by atoms with Crippen LogP contribution in [0, 0.1) is 5.41 Å². The van der Waals surface area contributed by atoms with E-state index in [1.54, 1.807) is 0 Å². The molecule has 0 amide bonds. The molecule has 0 N–H and O–H groups in total. The van der Waals surface area contributed by atoms with Crippen molar-refractivity contribution in [3.8, 4) is 45.5 Å². The summed E-state index contributed by atoms with van der Waals surface area (Å²) in [6, 6.07) is 62.8. The van der Waals surface area contributed by atoms with Gasteiger partial charge in [0.05, 0.1) is 22.1 Å². The molecule has 318 valence electrons. The van der Waals surface area contributed by atoms with Crippen molar-refractivity contribution < 1.29 is 4.42 Å². The summed E-state index contributed by atoms with van der Waals surface area (Å²) >= 11 is 0. The second-order valence-electron chi connectivity index (χ2n) is 19.7. The number of hydrogen-bond donors (Lipinski definition) is 0. The topological polar surface area (TPSA) is 61.7 Å². The van der Waals surface area contributed by atoms with Gasteiger partial charge < -0.3 is 8.98 Å². The summed E-state index contributed by atoms with van der Waals surface area (Å²) in [5, 5.41) is 6.78. The van der Waals surface area contributed by atoms with Gasteiger partial charge in [0.2, 0.25) is 5.95 Å². The van der Waals surface area contributed by atoms with Crippen molar-refractivity contribution in [1.29, 1.82) is 0 Å². The lowest BCUT2D eigenvalue weighted by atomic mass is 9.59. The Kier molecular flexibility index (Phi) is 7.96. The summed E-state index contributed by atoms with van der Waals surface area (Å²) in [4.78, 5) is 16.0. The molecule has 0 atom stereocenters. The van der Waals surface area contributed by atoms with Crippen LogP contribution in [0.4, 0.5) is 0 Å². The van der Waals surface area contributed by atoms with Crippen LogP contribution in [0.1, 0.15) is 52.7 Å². The number of hydrogen-bond acceptors (Lipinski definition) is 4. The van der Waals surface area contributed by atoms with Gasteiger partial charge in [0.1, 0.15) is 11.2 Å². The van der Waals surface area contributed by atoms with Crippen molar-refractivity contribution in [2.45, 2.75) is 52.4 Å². The molecule has 6 nitrogen and oxygen atoms in total. The zero-order valence-corrected chi connectivity index (χ0v) is 37.9. The van der Waals surface area contributed by atoms with Gasteiger partial charge in [0, 0.05) is 49.1 Å². The average molecular weight is 854 g/mol. The molecule has 0 bridgehead atoms. The van der Waals surface area contributed by atoms with E-state index < -0.39 is 0 Å². The average Bonchev–Trinajstić information content (AvgIpc) is 4.02. The number of aromatic nitrogens is 5. The molecule has 1 aliphatic rings. The van der Waals surface area contributed by atoms with Gasteiger partial charge >= 0.3 is 0 Å². The largest absolute Gasteiger partial charge is 0.456 e. The fraction of sp³-hybridized carbons (Fsp3) is 0.150. The van der Waals surface area contributed by atoms with Gasteiger partial charge in [0.25, 0.3) is 0 Å². The minimum Gasteiger partial charge on any atom is -0.456 e. The Morgan fingerprint density at radius 1 is 0.364 bits per heavy atom. The fourth-order valence-electron chi connectivity index (χ4n) is 11.1. The number of benzene rings is 8.